The molecule has 0 radical (unpaired) electrons. The van der Waals surface area contributed by atoms with E-state index in [0.717, 1.165) is 0 Å². The van der Waals surface area contributed by atoms with Crippen molar-refractivity contribution in [3.05, 3.63) is 39.4 Å². The third-order valence-electron chi connectivity index (χ3n) is 2.79. The molecule has 3 N–H and O–H groups in total. The van der Waals surface area contributed by atoms with Crippen molar-refractivity contribution in [1.82, 2.24) is 5.32 Å². The fourth-order valence-corrected chi connectivity index (χ4v) is 1.81. The summed E-state index contributed by atoms with van der Waals surface area (Å²) in [4.78, 5) is 22.0. The van der Waals surface area contributed by atoms with Crippen LogP contribution in [0.2, 0.25) is 0 Å². The van der Waals surface area contributed by atoms with Crippen molar-refractivity contribution < 1.29 is 9.72 Å². The molecule has 6 nitrogen and oxygen atoms in total. The van der Waals surface area contributed by atoms with Gasteiger partial charge in [-0.15, -0.1) is 0 Å². The largest absolute Gasteiger partial charge is 0.354 e. The number of nitro benzene ring substituents is 1. The standard InChI is InChI=1S/C12H17N3O3/c1-4-14-11(16)12(3,13)10-6-5-9(15(17)18)7-8(10)2/h5-7H,4,13H2,1-3H3,(H,14,16). The minimum Gasteiger partial charge on any atom is -0.354 e. The molecule has 0 heterocycles. The second-order valence-corrected chi connectivity index (χ2v) is 4.32. The number of carbonyl (C=O) groups excluding carboxylic acids is 1. The number of aryl methyl sites for hydroxylation is 1. The molecule has 18 heavy (non-hydrogen) atoms. The van der Waals surface area contributed by atoms with Crippen LogP contribution < -0.4 is 11.1 Å². The summed E-state index contributed by atoms with van der Waals surface area (Å²) in [6.45, 7) is 5.58. The Morgan fingerprint density at radius 1 is 1.56 bits per heavy atom. The number of amides is 1. The summed E-state index contributed by atoms with van der Waals surface area (Å²) < 4.78 is 0. The van der Waals surface area contributed by atoms with Crippen LogP contribution in [-0.2, 0) is 10.3 Å². The van der Waals surface area contributed by atoms with Gasteiger partial charge in [0.1, 0.15) is 5.54 Å². The van der Waals surface area contributed by atoms with Gasteiger partial charge in [-0.3, -0.25) is 14.9 Å². The van der Waals surface area contributed by atoms with Gasteiger partial charge in [0.25, 0.3) is 5.69 Å². The quantitative estimate of drug-likeness (QED) is 0.620. The van der Waals surface area contributed by atoms with Crippen LogP contribution in [0.5, 0.6) is 0 Å². The number of nitrogens with two attached hydrogens (primary N) is 1. The molecule has 0 fully saturated rings. The van der Waals surface area contributed by atoms with Gasteiger partial charge in [-0.1, -0.05) is 0 Å². The summed E-state index contributed by atoms with van der Waals surface area (Å²) in [5, 5.41) is 13.3. The van der Waals surface area contributed by atoms with Crippen LogP contribution in [0.25, 0.3) is 0 Å². The lowest BCUT2D eigenvalue weighted by Gasteiger charge is -2.25. The molecule has 0 spiro atoms. The zero-order chi connectivity index (χ0) is 13.9. The Kier molecular flexibility index (Phi) is 4.03. The number of nitro groups is 1. The predicted octanol–water partition coefficient (Wildman–Crippen LogP) is 1.21. The van der Waals surface area contributed by atoms with E-state index in [1.807, 2.05) is 0 Å². The number of nitrogens with one attached hydrogen (secondary N) is 1. The minimum absolute atomic E-state index is 0.0112. The van der Waals surface area contributed by atoms with E-state index in [0.29, 0.717) is 17.7 Å². The summed E-state index contributed by atoms with van der Waals surface area (Å²) in [5.41, 5.74) is 6.01. The molecule has 0 saturated heterocycles. The van der Waals surface area contributed by atoms with E-state index in [4.69, 9.17) is 5.73 Å². The maximum atomic E-state index is 11.9. The smallest absolute Gasteiger partial charge is 0.269 e. The number of nitrogens with zero attached hydrogens (tertiary/aromatic N) is 1. The molecule has 1 atom stereocenters. The van der Waals surface area contributed by atoms with Crippen LogP contribution in [0.15, 0.2) is 18.2 Å². The van der Waals surface area contributed by atoms with Gasteiger partial charge in [0.2, 0.25) is 5.91 Å². The minimum atomic E-state index is -1.20. The highest BCUT2D eigenvalue weighted by Crippen LogP contribution is 2.25. The van der Waals surface area contributed by atoms with Gasteiger partial charge in [-0.25, -0.2) is 0 Å². The molecular formula is C12H17N3O3. The zero-order valence-electron chi connectivity index (χ0n) is 10.7. The highest BCUT2D eigenvalue weighted by molar-refractivity contribution is 5.87. The number of hydrogen-bond donors (Lipinski definition) is 2. The first-order valence-corrected chi connectivity index (χ1v) is 5.63. The number of benzene rings is 1. The van der Waals surface area contributed by atoms with Crippen LogP contribution in [-0.4, -0.2) is 17.4 Å². The zero-order valence-corrected chi connectivity index (χ0v) is 10.7. The summed E-state index contributed by atoms with van der Waals surface area (Å²) in [7, 11) is 0. The third kappa shape index (κ3) is 2.65. The van der Waals surface area contributed by atoms with Gasteiger partial charge in [0.05, 0.1) is 4.92 Å². The van der Waals surface area contributed by atoms with E-state index >= 15 is 0 Å². The summed E-state index contributed by atoms with van der Waals surface area (Å²) in [6.07, 6.45) is 0. The Labute approximate surface area is 105 Å². The first-order valence-electron chi connectivity index (χ1n) is 5.63. The molecule has 0 aliphatic heterocycles. The molecule has 98 valence electrons. The van der Waals surface area contributed by atoms with Crippen molar-refractivity contribution in [3.63, 3.8) is 0 Å². The summed E-state index contributed by atoms with van der Waals surface area (Å²) >= 11 is 0. The van der Waals surface area contributed by atoms with E-state index in [9.17, 15) is 14.9 Å². The highest BCUT2D eigenvalue weighted by atomic mass is 16.6. The number of rotatable bonds is 4. The van der Waals surface area contributed by atoms with Crippen molar-refractivity contribution in [2.75, 3.05) is 6.54 Å². The van der Waals surface area contributed by atoms with E-state index in [1.165, 1.54) is 18.2 Å². The van der Waals surface area contributed by atoms with E-state index in [-0.39, 0.29) is 11.6 Å². The Balaban J connectivity index is 3.17. The molecule has 0 aliphatic carbocycles. The molecule has 0 saturated carbocycles. The molecule has 1 amide bonds. The van der Waals surface area contributed by atoms with Gasteiger partial charge < -0.3 is 11.1 Å². The molecule has 1 rings (SSSR count). The molecule has 1 aromatic rings. The van der Waals surface area contributed by atoms with E-state index < -0.39 is 10.5 Å². The average Bonchev–Trinajstić information content (AvgIpc) is 2.28. The van der Waals surface area contributed by atoms with E-state index in [2.05, 4.69) is 5.32 Å². The van der Waals surface area contributed by atoms with Crippen LogP contribution in [0, 0.1) is 17.0 Å². The van der Waals surface area contributed by atoms with Crippen molar-refractivity contribution in [3.8, 4) is 0 Å². The fraction of sp³-hybridized carbons (Fsp3) is 0.417. The molecular weight excluding hydrogens is 234 g/mol. The SMILES string of the molecule is CCNC(=O)C(C)(N)c1ccc([N+](=O)[O-])cc1C. The topological polar surface area (TPSA) is 98.3 Å². The molecule has 1 aromatic carbocycles. The third-order valence-corrected chi connectivity index (χ3v) is 2.79. The number of non-ortho nitro benzene ring substituents is 1. The Morgan fingerprint density at radius 2 is 2.17 bits per heavy atom. The molecule has 6 heteroatoms. The van der Waals surface area contributed by atoms with Crippen molar-refractivity contribution in [2.24, 2.45) is 5.73 Å². The number of likely N-dealkylation sites (N-methyl/N-ethyl adjacent to an activating group) is 1. The summed E-state index contributed by atoms with van der Waals surface area (Å²) in [6, 6.07) is 4.30. The fourth-order valence-electron chi connectivity index (χ4n) is 1.81. The van der Waals surface area contributed by atoms with Crippen molar-refractivity contribution >= 4 is 11.6 Å². The molecule has 0 aromatic heterocycles. The molecule has 0 aliphatic rings. The van der Waals surface area contributed by atoms with Gasteiger partial charge in [-0.2, -0.15) is 0 Å². The van der Waals surface area contributed by atoms with Crippen molar-refractivity contribution in [1.29, 1.82) is 0 Å². The van der Waals surface area contributed by atoms with Crippen LogP contribution in [0.4, 0.5) is 5.69 Å². The number of hydrogen-bond acceptors (Lipinski definition) is 4. The monoisotopic (exact) mass is 251 g/mol. The lowest BCUT2D eigenvalue weighted by atomic mass is 9.88. The second-order valence-electron chi connectivity index (χ2n) is 4.32. The Bertz CT molecular complexity index is 483. The van der Waals surface area contributed by atoms with E-state index in [1.54, 1.807) is 20.8 Å². The lowest BCUT2D eigenvalue weighted by molar-refractivity contribution is -0.384. The van der Waals surface area contributed by atoms with Crippen LogP contribution >= 0.6 is 0 Å². The maximum absolute atomic E-state index is 11.9. The van der Waals surface area contributed by atoms with Crippen molar-refractivity contribution in [2.45, 2.75) is 26.3 Å². The Morgan fingerprint density at radius 3 is 2.61 bits per heavy atom. The lowest BCUT2D eigenvalue weighted by Crippen LogP contribution is -2.49. The van der Waals surface area contributed by atoms with Crippen LogP contribution in [0.3, 0.4) is 0 Å². The molecule has 0 bridgehead atoms. The highest BCUT2D eigenvalue weighted by Gasteiger charge is 2.32. The first-order chi connectivity index (χ1) is 8.30. The first kappa shape index (κ1) is 14.1. The predicted molar refractivity (Wildman–Crippen MR) is 68.1 cm³/mol. The van der Waals surface area contributed by atoms with Gasteiger partial charge in [-0.05, 0) is 38.0 Å². The second kappa shape index (κ2) is 5.14. The van der Waals surface area contributed by atoms with Gasteiger partial charge >= 0.3 is 0 Å². The maximum Gasteiger partial charge on any atom is 0.269 e. The normalized spacial score (nSPS) is 13.8. The number of carbonyl (C=O) groups is 1. The Hall–Kier alpha value is -1.95. The van der Waals surface area contributed by atoms with Crippen LogP contribution in [0.1, 0.15) is 25.0 Å². The molecule has 1 unspecified atom stereocenters. The summed E-state index contributed by atoms with van der Waals surface area (Å²) in [5.74, 6) is -0.304. The van der Waals surface area contributed by atoms with Gasteiger partial charge in [0, 0.05) is 18.7 Å². The average molecular weight is 251 g/mol. The van der Waals surface area contributed by atoms with Gasteiger partial charge in [0.15, 0.2) is 0 Å².